The van der Waals surface area contributed by atoms with Gasteiger partial charge in [-0.25, -0.2) is 9.78 Å². The van der Waals surface area contributed by atoms with Gasteiger partial charge in [-0.15, -0.1) is 0 Å². The van der Waals surface area contributed by atoms with Crippen LogP contribution < -0.4 is 5.32 Å². The number of carboxylic acids is 1. The summed E-state index contributed by atoms with van der Waals surface area (Å²) in [6, 6.07) is 20.8. The molecule has 0 aliphatic heterocycles. The number of rotatable bonds is 7. The van der Waals surface area contributed by atoms with E-state index in [-0.39, 0.29) is 12.3 Å². The number of aliphatic carboxylic acids is 1. The Morgan fingerprint density at radius 1 is 0.929 bits per heavy atom. The Bertz CT molecular complexity index is 892. The lowest BCUT2D eigenvalue weighted by Crippen LogP contribution is -2.44. The third kappa shape index (κ3) is 4.96. The van der Waals surface area contributed by atoms with Crippen molar-refractivity contribution in [3.05, 3.63) is 101 Å². The van der Waals surface area contributed by atoms with Crippen LogP contribution in [0.1, 0.15) is 22.6 Å². The van der Waals surface area contributed by atoms with Crippen LogP contribution in [0.4, 0.5) is 0 Å². The van der Waals surface area contributed by atoms with E-state index < -0.39 is 17.9 Å². The zero-order valence-electron chi connectivity index (χ0n) is 15.0. The molecule has 0 fully saturated rings. The first-order valence-electron chi connectivity index (χ1n) is 8.78. The van der Waals surface area contributed by atoms with Gasteiger partial charge in [0.2, 0.25) is 5.91 Å². The number of carboxylic acid groups (broad SMARTS) is 1. The molecule has 0 unspecified atom stereocenters. The van der Waals surface area contributed by atoms with Crippen LogP contribution in [0.2, 0.25) is 5.15 Å². The summed E-state index contributed by atoms with van der Waals surface area (Å²) in [6.07, 6.45) is 1.62. The summed E-state index contributed by atoms with van der Waals surface area (Å²) < 4.78 is 0. The number of halogens is 1. The van der Waals surface area contributed by atoms with Crippen molar-refractivity contribution in [3.63, 3.8) is 0 Å². The SMILES string of the molecule is O=C(N[C@@H](Cc1ccc(Cl)nc1)C(=O)O)C(c1ccccc1)c1ccccc1. The minimum Gasteiger partial charge on any atom is -0.480 e. The molecule has 0 spiro atoms. The maximum Gasteiger partial charge on any atom is 0.326 e. The summed E-state index contributed by atoms with van der Waals surface area (Å²) in [7, 11) is 0. The Balaban J connectivity index is 1.85. The highest BCUT2D eigenvalue weighted by Gasteiger charge is 2.27. The largest absolute Gasteiger partial charge is 0.480 e. The molecule has 3 rings (SSSR count). The first kappa shape index (κ1) is 19.6. The molecule has 0 saturated heterocycles. The highest BCUT2D eigenvalue weighted by atomic mass is 35.5. The van der Waals surface area contributed by atoms with E-state index in [0.29, 0.717) is 10.7 Å². The number of benzene rings is 2. The second-order valence-electron chi connectivity index (χ2n) is 6.35. The van der Waals surface area contributed by atoms with Gasteiger partial charge in [0.1, 0.15) is 11.2 Å². The fraction of sp³-hybridized carbons (Fsp3) is 0.136. The monoisotopic (exact) mass is 394 g/mol. The van der Waals surface area contributed by atoms with Gasteiger partial charge in [-0.2, -0.15) is 0 Å². The smallest absolute Gasteiger partial charge is 0.326 e. The first-order chi connectivity index (χ1) is 13.5. The quantitative estimate of drug-likeness (QED) is 0.599. The van der Waals surface area contributed by atoms with Crippen molar-refractivity contribution in [2.75, 3.05) is 0 Å². The molecule has 1 atom stereocenters. The molecule has 0 saturated carbocycles. The van der Waals surface area contributed by atoms with Crippen LogP contribution in [0.25, 0.3) is 0 Å². The fourth-order valence-corrected chi connectivity index (χ4v) is 3.12. The summed E-state index contributed by atoms with van der Waals surface area (Å²) in [4.78, 5) is 28.8. The summed E-state index contributed by atoms with van der Waals surface area (Å²) >= 11 is 5.78. The minimum atomic E-state index is -1.11. The van der Waals surface area contributed by atoms with Crippen LogP contribution in [-0.4, -0.2) is 28.0 Å². The predicted molar refractivity (Wildman–Crippen MR) is 107 cm³/mol. The van der Waals surface area contributed by atoms with Crippen LogP contribution in [0.5, 0.6) is 0 Å². The standard InChI is InChI=1S/C22H19ClN2O3/c23-19-12-11-15(14-24-19)13-18(22(27)28)25-21(26)20(16-7-3-1-4-8-16)17-9-5-2-6-10-17/h1-12,14,18,20H,13H2,(H,25,26)(H,27,28)/t18-/m0/s1. The van der Waals surface area contributed by atoms with Gasteiger partial charge < -0.3 is 10.4 Å². The van der Waals surface area contributed by atoms with Gasteiger partial charge in [0.05, 0.1) is 5.92 Å². The molecule has 2 N–H and O–H groups in total. The van der Waals surface area contributed by atoms with Gasteiger partial charge in [0.25, 0.3) is 0 Å². The normalized spacial score (nSPS) is 11.8. The minimum absolute atomic E-state index is 0.113. The summed E-state index contributed by atoms with van der Waals surface area (Å²) in [5, 5.41) is 12.6. The second-order valence-corrected chi connectivity index (χ2v) is 6.73. The van der Waals surface area contributed by atoms with Crippen molar-refractivity contribution in [3.8, 4) is 0 Å². The Kier molecular flexibility index (Phi) is 6.40. The molecule has 1 amide bonds. The third-order valence-electron chi connectivity index (χ3n) is 4.37. The van der Waals surface area contributed by atoms with Crippen molar-refractivity contribution < 1.29 is 14.7 Å². The lowest BCUT2D eigenvalue weighted by atomic mass is 9.90. The third-order valence-corrected chi connectivity index (χ3v) is 4.59. The van der Waals surface area contributed by atoms with Gasteiger partial charge in [-0.1, -0.05) is 78.3 Å². The van der Waals surface area contributed by atoms with E-state index in [4.69, 9.17) is 11.6 Å². The van der Waals surface area contributed by atoms with Crippen molar-refractivity contribution in [2.24, 2.45) is 0 Å². The number of pyridine rings is 1. The maximum atomic E-state index is 13.1. The topological polar surface area (TPSA) is 79.3 Å². The Labute approximate surface area is 168 Å². The van der Waals surface area contributed by atoms with Crippen LogP contribution in [0.15, 0.2) is 79.0 Å². The molecule has 6 heteroatoms. The van der Waals surface area contributed by atoms with Gasteiger partial charge in [-0.3, -0.25) is 4.79 Å². The van der Waals surface area contributed by atoms with E-state index in [9.17, 15) is 14.7 Å². The highest BCUT2D eigenvalue weighted by molar-refractivity contribution is 6.29. The van der Waals surface area contributed by atoms with Crippen molar-refractivity contribution >= 4 is 23.5 Å². The molecule has 3 aromatic rings. The van der Waals surface area contributed by atoms with Gasteiger partial charge in [-0.05, 0) is 22.8 Å². The predicted octanol–water partition coefficient (Wildman–Crippen LogP) is 3.68. The van der Waals surface area contributed by atoms with Crippen LogP contribution in [-0.2, 0) is 16.0 Å². The number of carbonyl (C=O) groups excluding carboxylic acids is 1. The number of hydrogen-bond acceptors (Lipinski definition) is 3. The molecule has 142 valence electrons. The van der Waals surface area contributed by atoms with Crippen molar-refractivity contribution in [1.29, 1.82) is 0 Å². The Morgan fingerprint density at radius 3 is 1.96 bits per heavy atom. The molecular weight excluding hydrogens is 376 g/mol. The fourth-order valence-electron chi connectivity index (χ4n) is 3.00. The lowest BCUT2D eigenvalue weighted by Gasteiger charge is -2.21. The summed E-state index contributed by atoms with van der Waals surface area (Å²) in [5.41, 5.74) is 2.26. The number of carbonyl (C=O) groups is 2. The highest BCUT2D eigenvalue weighted by Crippen LogP contribution is 2.25. The van der Waals surface area contributed by atoms with E-state index in [2.05, 4.69) is 10.3 Å². The molecular formula is C22H19ClN2O3. The summed E-state index contributed by atoms with van der Waals surface area (Å²) in [5.74, 6) is -2.08. The number of aromatic nitrogens is 1. The van der Waals surface area contributed by atoms with Gasteiger partial charge in [0.15, 0.2) is 0 Å². The zero-order valence-corrected chi connectivity index (χ0v) is 15.7. The lowest BCUT2D eigenvalue weighted by molar-refractivity contribution is -0.141. The van der Waals surface area contributed by atoms with Gasteiger partial charge >= 0.3 is 5.97 Å². The average Bonchev–Trinajstić information content (AvgIpc) is 2.71. The second kappa shape index (κ2) is 9.15. The van der Waals surface area contributed by atoms with E-state index in [0.717, 1.165) is 11.1 Å². The van der Waals surface area contributed by atoms with Gasteiger partial charge in [0, 0.05) is 12.6 Å². The Morgan fingerprint density at radius 2 is 1.50 bits per heavy atom. The number of nitrogens with one attached hydrogen (secondary N) is 1. The van der Waals surface area contributed by atoms with Crippen molar-refractivity contribution in [1.82, 2.24) is 10.3 Å². The maximum absolute atomic E-state index is 13.1. The molecule has 0 radical (unpaired) electrons. The molecule has 0 aliphatic carbocycles. The van der Waals surface area contributed by atoms with Crippen LogP contribution in [0.3, 0.4) is 0 Å². The molecule has 1 heterocycles. The molecule has 2 aromatic carbocycles. The van der Waals surface area contributed by atoms with Crippen LogP contribution in [0, 0.1) is 0 Å². The molecule has 28 heavy (non-hydrogen) atoms. The zero-order chi connectivity index (χ0) is 19.9. The number of amides is 1. The van der Waals surface area contributed by atoms with E-state index in [1.807, 2.05) is 60.7 Å². The van der Waals surface area contributed by atoms with Crippen LogP contribution >= 0.6 is 11.6 Å². The summed E-state index contributed by atoms with van der Waals surface area (Å²) in [6.45, 7) is 0. The number of hydrogen-bond donors (Lipinski definition) is 2. The van der Waals surface area contributed by atoms with E-state index in [1.54, 1.807) is 12.1 Å². The average molecular weight is 395 g/mol. The number of nitrogens with zero attached hydrogens (tertiary/aromatic N) is 1. The molecule has 0 aliphatic rings. The van der Waals surface area contributed by atoms with E-state index >= 15 is 0 Å². The molecule has 1 aromatic heterocycles. The Hall–Kier alpha value is -3.18. The molecule has 0 bridgehead atoms. The van der Waals surface area contributed by atoms with Crippen molar-refractivity contribution in [2.45, 2.75) is 18.4 Å². The van der Waals surface area contributed by atoms with E-state index in [1.165, 1.54) is 6.20 Å². The molecule has 5 nitrogen and oxygen atoms in total. The first-order valence-corrected chi connectivity index (χ1v) is 9.16.